The Kier molecular flexibility index (Phi) is 7.53. The second-order valence-electron chi connectivity index (χ2n) is 11.9. The van der Waals surface area contributed by atoms with Crippen LogP contribution < -0.4 is 18.9 Å². The largest absolute Gasteiger partial charge is 0.507 e. The third-order valence-electron chi connectivity index (χ3n) is 7.12. The summed E-state index contributed by atoms with van der Waals surface area (Å²) in [4.78, 5) is 0. The number of aromatic hydroxyl groups is 1. The molecule has 1 aliphatic heterocycles. The van der Waals surface area contributed by atoms with Crippen LogP contribution in [0.1, 0.15) is 81.0 Å². The molecule has 0 radical (unpaired) electrons. The van der Waals surface area contributed by atoms with Gasteiger partial charge in [0, 0.05) is 11.1 Å². The highest BCUT2D eigenvalue weighted by atomic mass is 16.5. The lowest BCUT2D eigenvalue weighted by molar-refractivity contribution is 0.204. The number of benzene rings is 3. The van der Waals surface area contributed by atoms with Crippen molar-refractivity contribution < 1.29 is 28.8 Å². The first kappa shape index (κ1) is 28.2. The fourth-order valence-electron chi connectivity index (χ4n) is 4.97. The molecule has 4 rings (SSSR count). The summed E-state index contributed by atoms with van der Waals surface area (Å²) in [5.41, 5.74) is 4.88. The van der Waals surface area contributed by atoms with E-state index < -0.39 is 6.10 Å². The van der Waals surface area contributed by atoms with Crippen LogP contribution >= 0.6 is 0 Å². The van der Waals surface area contributed by atoms with E-state index in [2.05, 4.69) is 53.7 Å². The van der Waals surface area contributed by atoms with E-state index >= 15 is 0 Å². The molecule has 3 aromatic carbocycles. The van der Waals surface area contributed by atoms with Crippen LogP contribution in [-0.2, 0) is 15.6 Å². The predicted molar refractivity (Wildman–Crippen MR) is 155 cm³/mol. The molecule has 0 saturated heterocycles. The van der Waals surface area contributed by atoms with Gasteiger partial charge in [0.25, 0.3) is 0 Å². The Morgan fingerprint density at radius 2 is 1.18 bits per heavy atom. The zero-order valence-corrected chi connectivity index (χ0v) is 24.7. The molecule has 6 heteroatoms. The second kappa shape index (κ2) is 10.4. The van der Waals surface area contributed by atoms with E-state index in [4.69, 9.17) is 23.7 Å². The van der Waals surface area contributed by atoms with E-state index in [1.165, 1.54) is 0 Å². The fraction of sp³-hybridized carbons (Fsp3) is 0.394. The Hall–Kier alpha value is -3.80. The van der Waals surface area contributed by atoms with Crippen LogP contribution in [0.4, 0.5) is 0 Å². The molecule has 1 atom stereocenters. The van der Waals surface area contributed by atoms with Gasteiger partial charge in [-0.15, -0.1) is 0 Å². The summed E-state index contributed by atoms with van der Waals surface area (Å²) in [5, 5.41) is 11.4. The summed E-state index contributed by atoms with van der Waals surface area (Å²) in [6, 6.07) is 13.8. The number of phenolic OH excluding ortho intramolecular Hbond substituents is 1. The smallest absolute Gasteiger partial charge is 0.161 e. The van der Waals surface area contributed by atoms with Gasteiger partial charge < -0.3 is 28.8 Å². The van der Waals surface area contributed by atoms with Gasteiger partial charge in [-0.1, -0.05) is 41.5 Å². The molecule has 0 aliphatic carbocycles. The summed E-state index contributed by atoms with van der Waals surface area (Å²) in [6.45, 7) is 12.6. The Labute approximate surface area is 232 Å². The molecule has 0 unspecified atom stereocenters. The topological polar surface area (TPSA) is 66.4 Å². The maximum atomic E-state index is 11.4. The molecule has 0 aromatic heterocycles. The van der Waals surface area contributed by atoms with E-state index in [1.807, 2.05) is 36.4 Å². The van der Waals surface area contributed by atoms with Gasteiger partial charge in [0.1, 0.15) is 17.6 Å². The number of fused-ring (bicyclic) bond motifs is 1. The lowest BCUT2D eigenvalue weighted by Crippen LogP contribution is -2.20. The molecule has 1 aliphatic rings. The molecule has 0 saturated carbocycles. The number of methoxy groups -OCH3 is 4. The van der Waals surface area contributed by atoms with Crippen LogP contribution in [-0.4, -0.2) is 33.5 Å². The van der Waals surface area contributed by atoms with Crippen LogP contribution in [0.15, 0.2) is 42.5 Å². The molecule has 1 N–H and O–H groups in total. The number of hydrogen-bond donors (Lipinski definition) is 1. The lowest BCUT2D eigenvalue weighted by atomic mass is 9.77. The lowest BCUT2D eigenvalue weighted by Gasteiger charge is -2.32. The van der Waals surface area contributed by atoms with Crippen LogP contribution in [0.25, 0.3) is 11.8 Å². The van der Waals surface area contributed by atoms with Gasteiger partial charge in [-0.3, -0.25) is 0 Å². The van der Waals surface area contributed by atoms with Gasteiger partial charge in [0.05, 0.1) is 28.4 Å². The zero-order valence-electron chi connectivity index (χ0n) is 24.7. The first-order chi connectivity index (χ1) is 18.3. The van der Waals surface area contributed by atoms with Crippen LogP contribution in [0.2, 0.25) is 0 Å². The molecule has 0 fully saturated rings. The molecule has 208 valence electrons. The highest BCUT2D eigenvalue weighted by molar-refractivity contribution is 5.83. The minimum absolute atomic E-state index is 0.281. The van der Waals surface area contributed by atoms with Gasteiger partial charge in [0.2, 0.25) is 0 Å². The first-order valence-corrected chi connectivity index (χ1v) is 13.1. The van der Waals surface area contributed by atoms with Crippen molar-refractivity contribution in [3.63, 3.8) is 0 Å². The number of rotatable bonds is 6. The second-order valence-corrected chi connectivity index (χ2v) is 11.9. The van der Waals surface area contributed by atoms with Crippen molar-refractivity contribution in [2.45, 2.75) is 58.5 Å². The molecule has 6 nitrogen and oxygen atoms in total. The van der Waals surface area contributed by atoms with E-state index in [0.29, 0.717) is 34.5 Å². The summed E-state index contributed by atoms with van der Waals surface area (Å²) in [5.74, 6) is 3.53. The summed E-state index contributed by atoms with van der Waals surface area (Å²) in [6.07, 6.45) is 1.54. The monoisotopic (exact) mass is 532 g/mol. The van der Waals surface area contributed by atoms with E-state index in [9.17, 15) is 5.11 Å². The number of ether oxygens (including phenoxy) is 5. The number of hydrogen-bond acceptors (Lipinski definition) is 6. The van der Waals surface area contributed by atoms with E-state index in [-0.39, 0.29) is 10.8 Å². The standard InChI is InChI=1S/C33H40O6/c1-32(2,3)23-13-21(14-24(30(23)34)33(4,5)6)31-22-18-29(38-10)28(37-9)17-20(22)16-26(39-31)19-11-12-25(35-7)27(15-19)36-8/h11-18,31,34H,1-10H3/t31-/m0/s1. The Morgan fingerprint density at radius 3 is 1.69 bits per heavy atom. The molecule has 0 spiro atoms. The van der Waals surface area contributed by atoms with Crippen LogP contribution in [0.3, 0.4) is 0 Å². The van der Waals surface area contributed by atoms with Gasteiger partial charge in [-0.25, -0.2) is 0 Å². The summed E-state index contributed by atoms with van der Waals surface area (Å²) >= 11 is 0. The highest BCUT2D eigenvalue weighted by Gasteiger charge is 2.32. The molecule has 3 aromatic rings. The molecule has 1 heterocycles. The number of phenols is 1. The van der Waals surface area contributed by atoms with Crippen LogP contribution in [0.5, 0.6) is 28.7 Å². The van der Waals surface area contributed by atoms with Crippen molar-refractivity contribution in [1.29, 1.82) is 0 Å². The average molecular weight is 533 g/mol. The van der Waals surface area contributed by atoms with Gasteiger partial charge in [0.15, 0.2) is 23.0 Å². The molecular formula is C33H40O6. The Bertz CT molecular complexity index is 1370. The predicted octanol–water partition coefficient (Wildman–Crippen LogP) is 7.64. The maximum absolute atomic E-state index is 11.4. The van der Waals surface area contributed by atoms with Gasteiger partial charge in [-0.05, 0) is 81.6 Å². The zero-order chi connectivity index (χ0) is 28.7. The molecule has 39 heavy (non-hydrogen) atoms. The SMILES string of the molecule is COc1ccc(C2=Cc3cc(OC)c(OC)cc3[C@H](c3cc(C(C)(C)C)c(O)c(C(C)(C)C)c3)O2)cc1OC. The summed E-state index contributed by atoms with van der Waals surface area (Å²) in [7, 11) is 6.49. The minimum Gasteiger partial charge on any atom is -0.507 e. The van der Waals surface area contributed by atoms with Crippen LogP contribution in [0, 0.1) is 0 Å². The summed E-state index contributed by atoms with van der Waals surface area (Å²) < 4.78 is 29.1. The third kappa shape index (κ3) is 5.38. The molecule has 0 bridgehead atoms. The van der Waals surface area contributed by atoms with Crippen molar-refractivity contribution >= 4 is 11.8 Å². The average Bonchev–Trinajstić information content (AvgIpc) is 2.89. The van der Waals surface area contributed by atoms with Gasteiger partial charge >= 0.3 is 0 Å². The van der Waals surface area contributed by atoms with E-state index in [0.717, 1.165) is 33.4 Å². The van der Waals surface area contributed by atoms with Crippen molar-refractivity contribution in [2.24, 2.45) is 0 Å². The molecule has 0 amide bonds. The normalized spacial score (nSPS) is 15.1. The third-order valence-corrected chi connectivity index (χ3v) is 7.12. The van der Waals surface area contributed by atoms with Crippen molar-refractivity contribution in [1.82, 2.24) is 0 Å². The maximum Gasteiger partial charge on any atom is 0.161 e. The Balaban J connectivity index is 1.99. The first-order valence-electron chi connectivity index (χ1n) is 13.1. The Morgan fingerprint density at radius 1 is 0.667 bits per heavy atom. The molecular weight excluding hydrogens is 492 g/mol. The quantitative estimate of drug-likeness (QED) is 0.352. The van der Waals surface area contributed by atoms with E-state index in [1.54, 1.807) is 28.4 Å². The van der Waals surface area contributed by atoms with Crippen molar-refractivity contribution in [3.8, 4) is 28.7 Å². The fourth-order valence-corrected chi connectivity index (χ4v) is 4.97. The minimum atomic E-state index is -0.462. The van der Waals surface area contributed by atoms with Crippen molar-refractivity contribution in [3.05, 3.63) is 75.8 Å². The van der Waals surface area contributed by atoms with Crippen molar-refractivity contribution in [2.75, 3.05) is 28.4 Å². The highest BCUT2D eigenvalue weighted by Crippen LogP contribution is 2.48. The van der Waals surface area contributed by atoms with Gasteiger partial charge in [-0.2, -0.15) is 0 Å².